The molecule has 1 heterocycles. The third kappa shape index (κ3) is 4.91. The molecular formula is C17H13Cl2F3N4O3. The van der Waals surface area contributed by atoms with Crippen molar-refractivity contribution in [1.82, 2.24) is 9.97 Å². The first-order chi connectivity index (χ1) is 13.9. The van der Waals surface area contributed by atoms with Crippen molar-refractivity contribution < 1.29 is 27.9 Å². The molecule has 0 aliphatic rings. The van der Waals surface area contributed by atoms with Gasteiger partial charge in [-0.1, -0.05) is 23.2 Å². The van der Waals surface area contributed by atoms with Gasteiger partial charge in [0.15, 0.2) is 5.82 Å². The Balaban J connectivity index is 1.91. The molecule has 0 spiro atoms. The number of aromatic nitrogens is 2. The quantitative estimate of drug-likeness (QED) is 0.246. The van der Waals surface area contributed by atoms with Crippen LogP contribution in [0.5, 0.6) is 5.75 Å². The predicted molar refractivity (Wildman–Crippen MR) is 102 cm³/mol. The lowest BCUT2D eigenvalue weighted by Crippen LogP contribution is -2.10. The number of anilines is 3. The van der Waals surface area contributed by atoms with Gasteiger partial charge in [-0.05, 0) is 18.2 Å². The first-order valence-corrected chi connectivity index (χ1v) is 8.78. The van der Waals surface area contributed by atoms with Gasteiger partial charge >= 0.3 is 6.61 Å². The maximum absolute atomic E-state index is 14.3. The Bertz CT molecular complexity index is 1030. The van der Waals surface area contributed by atoms with E-state index in [0.717, 1.165) is 0 Å². The zero-order valence-corrected chi connectivity index (χ0v) is 15.9. The van der Waals surface area contributed by atoms with E-state index in [4.69, 9.17) is 27.9 Å². The molecule has 0 saturated heterocycles. The highest BCUT2D eigenvalue weighted by atomic mass is 35.5. The zero-order chi connectivity index (χ0) is 21.0. The summed E-state index contributed by atoms with van der Waals surface area (Å²) in [5, 5.41) is 12.4. The summed E-state index contributed by atoms with van der Waals surface area (Å²) in [5.74, 6) is -0.398. The fourth-order valence-corrected chi connectivity index (χ4v) is 2.74. The molecule has 1 aromatic heterocycles. The molecule has 29 heavy (non-hydrogen) atoms. The number of nitrogens with one attached hydrogen (secondary N) is 2. The highest BCUT2D eigenvalue weighted by Gasteiger charge is 2.15. The minimum absolute atomic E-state index is 0.0300. The molecule has 0 fully saturated rings. The van der Waals surface area contributed by atoms with Crippen LogP contribution in [0.25, 0.3) is 10.9 Å². The van der Waals surface area contributed by atoms with Crippen molar-refractivity contribution in [3.8, 4) is 5.75 Å². The molecule has 0 saturated carbocycles. The summed E-state index contributed by atoms with van der Waals surface area (Å²) in [6.07, 6.45) is 1.23. The van der Waals surface area contributed by atoms with Crippen LogP contribution in [0.15, 0.2) is 30.6 Å². The molecule has 0 radical (unpaired) electrons. The van der Waals surface area contributed by atoms with Gasteiger partial charge in [-0.3, -0.25) is 10.7 Å². The summed E-state index contributed by atoms with van der Waals surface area (Å²) < 4.78 is 47.8. The number of alkyl halides is 2. The molecule has 0 aliphatic heterocycles. The van der Waals surface area contributed by atoms with E-state index >= 15 is 0 Å². The fourth-order valence-electron chi connectivity index (χ4n) is 2.43. The topological polar surface area (TPSA) is 88.5 Å². The second kappa shape index (κ2) is 9.31. The van der Waals surface area contributed by atoms with Gasteiger partial charge in [0.05, 0.1) is 27.9 Å². The van der Waals surface area contributed by atoms with Crippen LogP contribution in [0.3, 0.4) is 0 Å². The Morgan fingerprint density at radius 2 is 1.90 bits per heavy atom. The Labute approximate surface area is 172 Å². The van der Waals surface area contributed by atoms with Crippen LogP contribution in [-0.2, 0) is 4.74 Å². The van der Waals surface area contributed by atoms with E-state index in [0.29, 0.717) is 10.9 Å². The van der Waals surface area contributed by atoms with Gasteiger partial charge in [-0.2, -0.15) is 8.78 Å². The Morgan fingerprint density at radius 1 is 1.10 bits per heavy atom. The number of benzene rings is 2. The van der Waals surface area contributed by atoms with Gasteiger partial charge in [0.25, 0.3) is 0 Å². The van der Waals surface area contributed by atoms with Gasteiger partial charge < -0.3 is 14.8 Å². The van der Waals surface area contributed by atoms with Crippen molar-refractivity contribution in [3.05, 3.63) is 46.5 Å². The highest BCUT2D eigenvalue weighted by Crippen LogP contribution is 2.35. The van der Waals surface area contributed by atoms with Crippen LogP contribution in [0.4, 0.5) is 30.4 Å². The third-order valence-electron chi connectivity index (χ3n) is 3.73. The minimum atomic E-state index is -2.91. The molecule has 3 N–H and O–H groups in total. The van der Waals surface area contributed by atoms with Gasteiger partial charge in [-0.25, -0.2) is 14.4 Å². The highest BCUT2D eigenvalue weighted by molar-refractivity contribution is 6.42. The average Bonchev–Trinajstić information content (AvgIpc) is 2.71. The van der Waals surface area contributed by atoms with E-state index in [1.54, 1.807) is 0 Å². The van der Waals surface area contributed by atoms with Crippen molar-refractivity contribution in [3.63, 3.8) is 0 Å². The number of rotatable bonds is 8. The molecule has 3 rings (SSSR count). The van der Waals surface area contributed by atoms with E-state index in [-0.39, 0.29) is 46.2 Å². The maximum atomic E-state index is 14.3. The predicted octanol–water partition coefficient (Wildman–Crippen LogP) is 5.24. The molecule has 2 aromatic carbocycles. The summed E-state index contributed by atoms with van der Waals surface area (Å²) in [6.45, 7) is -3.45. The Kier molecular flexibility index (Phi) is 6.80. The number of fused-ring (bicyclic) bond motifs is 1. The molecule has 7 nitrogen and oxygen atoms in total. The number of hydrogen-bond acceptors (Lipinski definition) is 7. The van der Waals surface area contributed by atoms with Crippen LogP contribution < -0.4 is 15.5 Å². The first-order valence-electron chi connectivity index (χ1n) is 8.02. The number of ether oxygens (including phenoxy) is 2. The van der Waals surface area contributed by atoms with Gasteiger partial charge in [-0.15, -0.1) is 0 Å². The Morgan fingerprint density at radius 3 is 2.62 bits per heavy atom. The fraction of sp³-hybridized carbons (Fsp3) is 0.176. The van der Waals surface area contributed by atoms with Crippen LogP contribution in [0, 0.1) is 5.82 Å². The number of hydrogen-bond donors (Lipinski definition) is 3. The standard InChI is InChI=1S/C17H13Cl2F3N4O3/c18-9-1-2-10(15(20)14(9)19)25-16-8-5-12(26-27)13(6-11(8)23-7-24-16)28-3-4-29-17(21)22/h1-2,5-7,17,26-27H,3-4H2,(H,23,24,25). The van der Waals surface area contributed by atoms with Gasteiger partial charge in [0.1, 0.15) is 30.2 Å². The summed E-state index contributed by atoms with van der Waals surface area (Å²) >= 11 is 11.6. The average molecular weight is 449 g/mol. The van der Waals surface area contributed by atoms with E-state index in [9.17, 15) is 18.4 Å². The summed E-state index contributed by atoms with van der Waals surface area (Å²) in [4.78, 5) is 8.17. The van der Waals surface area contributed by atoms with Crippen molar-refractivity contribution in [2.24, 2.45) is 0 Å². The van der Waals surface area contributed by atoms with E-state index < -0.39 is 12.4 Å². The van der Waals surface area contributed by atoms with Crippen molar-refractivity contribution >= 4 is 51.3 Å². The largest absolute Gasteiger partial charge is 0.489 e. The number of halogens is 5. The SMILES string of the molecule is ONc1cc2c(Nc3ccc(Cl)c(Cl)c3F)ncnc2cc1OCCOC(F)F. The number of nitrogens with zero attached hydrogens (tertiary/aromatic N) is 2. The molecule has 0 aliphatic carbocycles. The van der Waals surface area contributed by atoms with Crippen LogP contribution >= 0.6 is 23.2 Å². The minimum Gasteiger partial charge on any atom is -0.489 e. The zero-order valence-electron chi connectivity index (χ0n) is 14.4. The lowest BCUT2D eigenvalue weighted by molar-refractivity contribution is -0.133. The van der Waals surface area contributed by atoms with E-state index in [2.05, 4.69) is 20.0 Å². The second-order valence-electron chi connectivity index (χ2n) is 5.53. The van der Waals surface area contributed by atoms with Crippen LogP contribution in [0.2, 0.25) is 10.0 Å². The van der Waals surface area contributed by atoms with Crippen LogP contribution in [0.1, 0.15) is 0 Å². The smallest absolute Gasteiger partial charge is 0.345 e. The second-order valence-corrected chi connectivity index (χ2v) is 6.31. The molecule has 3 aromatic rings. The molecule has 0 amide bonds. The summed E-state index contributed by atoms with van der Waals surface area (Å²) in [6, 6.07) is 5.71. The van der Waals surface area contributed by atoms with Crippen molar-refractivity contribution in [2.75, 3.05) is 24.0 Å². The first kappa shape index (κ1) is 21.2. The maximum Gasteiger partial charge on any atom is 0.345 e. The molecule has 0 bridgehead atoms. The summed E-state index contributed by atoms with van der Waals surface area (Å²) in [5.41, 5.74) is 2.47. The lowest BCUT2D eigenvalue weighted by Gasteiger charge is -2.14. The van der Waals surface area contributed by atoms with Gasteiger partial charge in [0.2, 0.25) is 0 Å². The lowest BCUT2D eigenvalue weighted by atomic mass is 10.2. The molecular weight excluding hydrogens is 436 g/mol. The summed E-state index contributed by atoms with van der Waals surface area (Å²) in [7, 11) is 0. The molecule has 0 atom stereocenters. The molecule has 0 unspecified atom stereocenters. The Hall–Kier alpha value is -2.53. The third-order valence-corrected chi connectivity index (χ3v) is 4.51. The normalized spacial score (nSPS) is 11.1. The van der Waals surface area contributed by atoms with E-state index in [1.165, 1.54) is 30.6 Å². The van der Waals surface area contributed by atoms with Crippen LogP contribution in [-0.4, -0.2) is 35.0 Å². The van der Waals surface area contributed by atoms with Gasteiger partial charge in [0, 0.05) is 11.5 Å². The van der Waals surface area contributed by atoms with E-state index in [1.807, 2.05) is 5.48 Å². The van der Waals surface area contributed by atoms with Crippen molar-refractivity contribution in [2.45, 2.75) is 6.61 Å². The van der Waals surface area contributed by atoms with Crippen molar-refractivity contribution in [1.29, 1.82) is 0 Å². The molecule has 154 valence electrons. The molecule has 12 heteroatoms. The monoisotopic (exact) mass is 448 g/mol.